The minimum atomic E-state index is -0.0405. The number of H-pyrrole nitrogens is 1. The van der Waals surface area contributed by atoms with Gasteiger partial charge in [0.1, 0.15) is 5.75 Å². The molecule has 2 aromatic carbocycles. The van der Waals surface area contributed by atoms with Gasteiger partial charge in [0.25, 0.3) is 0 Å². The lowest BCUT2D eigenvalue weighted by molar-refractivity contribution is 0.191. The molecule has 2 heterocycles. The zero-order valence-electron chi connectivity index (χ0n) is 21.2. The van der Waals surface area contributed by atoms with Gasteiger partial charge in [-0.3, -0.25) is 4.90 Å². The van der Waals surface area contributed by atoms with Crippen LogP contribution in [0.5, 0.6) is 17.2 Å². The second kappa shape index (κ2) is 12.2. The van der Waals surface area contributed by atoms with Gasteiger partial charge in [0, 0.05) is 36.8 Å². The van der Waals surface area contributed by atoms with Crippen molar-refractivity contribution in [1.82, 2.24) is 25.5 Å². The minimum absolute atomic E-state index is 0.0405. The summed E-state index contributed by atoms with van der Waals surface area (Å²) in [6.45, 7) is 4.57. The monoisotopic (exact) mass is 494 g/mol. The maximum Gasteiger partial charge on any atom is 0.324 e. The van der Waals surface area contributed by atoms with Crippen LogP contribution in [0.1, 0.15) is 49.6 Å². The Morgan fingerprint density at radius 2 is 1.86 bits per heavy atom. The van der Waals surface area contributed by atoms with Gasteiger partial charge in [-0.15, -0.1) is 10.2 Å². The molecule has 4 rings (SSSR count). The molecule has 1 aromatic heterocycles. The number of rotatable bonds is 12. The normalized spacial score (nSPS) is 13.7. The van der Waals surface area contributed by atoms with Crippen molar-refractivity contribution < 1.29 is 19.0 Å². The molecule has 0 bridgehead atoms. The highest BCUT2D eigenvalue weighted by Gasteiger charge is 2.28. The van der Waals surface area contributed by atoms with E-state index in [2.05, 4.69) is 27.5 Å². The van der Waals surface area contributed by atoms with E-state index in [4.69, 9.17) is 14.2 Å². The van der Waals surface area contributed by atoms with Crippen LogP contribution in [-0.4, -0.2) is 65.5 Å². The Balaban J connectivity index is 1.47. The number of anilines is 1. The molecule has 10 nitrogen and oxygen atoms in total. The molecule has 192 valence electrons. The molecule has 2 amide bonds. The largest absolute Gasteiger partial charge is 0.496 e. The van der Waals surface area contributed by atoms with Crippen LogP contribution in [0.3, 0.4) is 0 Å². The predicted octanol–water partition coefficient (Wildman–Crippen LogP) is 4.21. The molecule has 1 N–H and O–H groups in total. The fourth-order valence-electron chi connectivity index (χ4n) is 4.32. The average molecular weight is 495 g/mol. The molecule has 36 heavy (non-hydrogen) atoms. The Hall–Kier alpha value is -3.82. The van der Waals surface area contributed by atoms with Crippen LogP contribution in [0.4, 0.5) is 10.5 Å². The highest BCUT2D eigenvalue weighted by atomic mass is 16.5. The standard InChI is InChI=1S/C26H34N6O4/c1-4-5-6-14-36-24-17-21(10-11-22(24)34-2)32-13-7-12-31(26(32)33)18-20-9-8-19(15-23(20)35-3)16-25-27-29-30-28-25/h8-11,15,17H,4-7,12-14,16,18H2,1-3H3,(H,27,28,29,30). The lowest BCUT2D eigenvalue weighted by Gasteiger charge is -2.36. The molecule has 10 heteroatoms. The molecule has 1 aliphatic rings. The first-order valence-electron chi connectivity index (χ1n) is 12.4. The van der Waals surface area contributed by atoms with Crippen LogP contribution in [0.15, 0.2) is 36.4 Å². The van der Waals surface area contributed by atoms with Crippen molar-refractivity contribution in [3.05, 3.63) is 53.3 Å². The van der Waals surface area contributed by atoms with E-state index in [1.165, 1.54) is 0 Å². The number of hydrogen-bond acceptors (Lipinski definition) is 7. The van der Waals surface area contributed by atoms with Gasteiger partial charge in [0.2, 0.25) is 0 Å². The van der Waals surface area contributed by atoms with E-state index in [9.17, 15) is 4.79 Å². The number of hydrogen-bond donors (Lipinski definition) is 1. The second-order valence-corrected chi connectivity index (χ2v) is 8.75. The van der Waals surface area contributed by atoms with Crippen LogP contribution in [0, 0.1) is 0 Å². The van der Waals surface area contributed by atoms with Crippen molar-refractivity contribution in [2.45, 2.75) is 45.6 Å². The van der Waals surface area contributed by atoms with Crippen molar-refractivity contribution in [3.63, 3.8) is 0 Å². The van der Waals surface area contributed by atoms with E-state index in [0.29, 0.717) is 50.0 Å². The molecule has 1 fully saturated rings. The fraction of sp³-hybridized carbons (Fsp3) is 0.462. The number of urea groups is 1. The van der Waals surface area contributed by atoms with Gasteiger partial charge < -0.3 is 19.1 Å². The van der Waals surface area contributed by atoms with E-state index in [1.807, 2.05) is 41.3 Å². The highest BCUT2D eigenvalue weighted by Crippen LogP contribution is 2.34. The molecule has 0 unspecified atom stereocenters. The fourth-order valence-corrected chi connectivity index (χ4v) is 4.32. The Labute approximate surface area is 211 Å². The number of tetrazole rings is 1. The summed E-state index contributed by atoms with van der Waals surface area (Å²) >= 11 is 0. The molecule has 0 atom stereocenters. The maximum absolute atomic E-state index is 13.5. The first-order chi connectivity index (χ1) is 17.6. The summed E-state index contributed by atoms with van der Waals surface area (Å²) in [5.41, 5.74) is 2.76. The quantitative estimate of drug-likeness (QED) is 0.376. The van der Waals surface area contributed by atoms with E-state index >= 15 is 0 Å². The van der Waals surface area contributed by atoms with Crippen LogP contribution in [0.2, 0.25) is 0 Å². The molecule has 1 saturated heterocycles. The molecule has 1 aliphatic heterocycles. The SMILES string of the molecule is CCCCCOc1cc(N2CCCN(Cc3ccc(Cc4nn[nH]n4)cc3OC)C2=O)ccc1OC. The summed E-state index contributed by atoms with van der Waals surface area (Å²) in [4.78, 5) is 17.1. The molecular formula is C26H34N6O4. The topological polar surface area (TPSA) is 106 Å². The Morgan fingerprint density at radius 1 is 1.00 bits per heavy atom. The third-order valence-corrected chi connectivity index (χ3v) is 6.24. The summed E-state index contributed by atoms with van der Waals surface area (Å²) < 4.78 is 17.1. The van der Waals surface area contributed by atoms with Crippen molar-refractivity contribution in [1.29, 1.82) is 0 Å². The van der Waals surface area contributed by atoms with Gasteiger partial charge in [0.05, 0.1) is 27.4 Å². The van der Waals surface area contributed by atoms with E-state index in [1.54, 1.807) is 19.1 Å². The van der Waals surface area contributed by atoms with Gasteiger partial charge in [-0.1, -0.05) is 37.1 Å². The summed E-state index contributed by atoms with van der Waals surface area (Å²) in [6, 6.07) is 11.6. The summed E-state index contributed by atoms with van der Waals surface area (Å²) in [7, 11) is 3.27. The summed E-state index contributed by atoms with van der Waals surface area (Å²) in [5, 5.41) is 14.1. The highest BCUT2D eigenvalue weighted by molar-refractivity contribution is 5.93. The van der Waals surface area contributed by atoms with Gasteiger partial charge in [-0.05, 0) is 36.6 Å². The zero-order chi connectivity index (χ0) is 25.3. The average Bonchev–Trinajstić information content (AvgIpc) is 3.41. The lowest BCUT2D eigenvalue weighted by Crippen LogP contribution is -2.49. The zero-order valence-corrected chi connectivity index (χ0v) is 21.2. The van der Waals surface area contributed by atoms with Gasteiger partial charge >= 0.3 is 6.03 Å². The van der Waals surface area contributed by atoms with Crippen LogP contribution < -0.4 is 19.1 Å². The van der Waals surface area contributed by atoms with Crippen molar-refractivity contribution in [3.8, 4) is 17.2 Å². The predicted molar refractivity (Wildman–Crippen MR) is 136 cm³/mol. The molecule has 0 saturated carbocycles. The number of methoxy groups -OCH3 is 2. The van der Waals surface area contributed by atoms with Crippen LogP contribution >= 0.6 is 0 Å². The van der Waals surface area contributed by atoms with Crippen LogP contribution in [0.25, 0.3) is 0 Å². The smallest absolute Gasteiger partial charge is 0.324 e. The molecule has 0 spiro atoms. The molecular weight excluding hydrogens is 460 g/mol. The van der Waals surface area contributed by atoms with Crippen LogP contribution in [-0.2, 0) is 13.0 Å². The number of unbranched alkanes of at least 4 members (excludes halogenated alkanes) is 2. The number of aromatic amines is 1. The van der Waals surface area contributed by atoms with E-state index in [0.717, 1.165) is 48.2 Å². The Morgan fingerprint density at radius 3 is 2.61 bits per heavy atom. The lowest BCUT2D eigenvalue weighted by atomic mass is 10.1. The molecule has 0 radical (unpaired) electrons. The number of benzene rings is 2. The molecule has 3 aromatic rings. The Bertz CT molecular complexity index is 1140. The number of nitrogens with zero attached hydrogens (tertiary/aromatic N) is 5. The van der Waals surface area contributed by atoms with Gasteiger partial charge in [0.15, 0.2) is 17.3 Å². The number of amides is 2. The second-order valence-electron chi connectivity index (χ2n) is 8.75. The first kappa shape index (κ1) is 25.3. The van der Waals surface area contributed by atoms with Crippen molar-refractivity contribution >= 4 is 11.7 Å². The number of carbonyl (C=O) groups excluding carboxylic acids is 1. The van der Waals surface area contributed by atoms with E-state index in [-0.39, 0.29) is 6.03 Å². The number of carbonyl (C=O) groups is 1. The number of nitrogens with one attached hydrogen (secondary N) is 1. The summed E-state index contributed by atoms with van der Waals surface area (Å²) in [6.07, 6.45) is 4.64. The first-order valence-corrected chi connectivity index (χ1v) is 12.4. The third-order valence-electron chi connectivity index (χ3n) is 6.24. The third kappa shape index (κ3) is 6.05. The minimum Gasteiger partial charge on any atom is -0.496 e. The van der Waals surface area contributed by atoms with Crippen molar-refractivity contribution in [2.75, 3.05) is 38.8 Å². The van der Waals surface area contributed by atoms with Crippen molar-refractivity contribution in [2.24, 2.45) is 0 Å². The maximum atomic E-state index is 13.5. The van der Waals surface area contributed by atoms with Gasteiger partial charge in [-0.2, -0.15) is 5.21 Å². The Kier molecular flexibility index (Phi) is 8.59. The van der Waals surface area contributed by atoms with Gasteiger partial charge in [-0.25, -0.2) is 4.79 Å². The number of aromatic nitrogens is 4. The molecule has 0 aliphatic carbocycles. The summed E-state index contributed by atoms with van der Waals surface area (Å²) in [5.74, 6) is 2.67. The number of ether oxygens (including phenoxy) is 3. The van der Waals surface area contributed by atoms with E-state index < -0.39 is 0 Å².